The number of rotatable bonds is 4. The number of H-pyrrole nitrogens is 1. The standard InChI is InChI=1S/C16H14ClFN2O3S/c1-20(16-12(18)4-3-5-14(16)23-2)24(21,22)15-9-19-13-8-10(17)6-7-11(13)15/h3-9,19H,1-2H3. The molecular weight excluding hydrogens is 355 g/mol. The summed E-state index contributed by atoms with van der Waals surface area (Å²) in [6, 6.07) is 8.96. The molecule has 126 valence electrons. The molecule has 0 saturated carbocycles. The van der Waals surface area contributed by atoms with Crippen molar-refractivity contribution in [2.24, 2.45) is 0 Å². The number of anilines is 1. The number of aromatic nitrogens is 1. The number of hydrogen-bond acceptors (Lipinski definition) is 3. The molecule has 2 aromatic carbocycles. The summed E-state index contributed by atoms with van der Waals surface area (Å²) in [6.07, 6.45) is 1.36. The van der Waals surface area contributed by atoms with Gasteiger partial charge < -0.3 is 9.72 Å². The number of ether oxygens (including phenoxy) is 1. The van der Waals surface area contributed by atoms with Crippen molar-refractivity contribution in [1.29, 1.82) is 0 Å². The summed E-state index contributed by atoms with van der Waals surface area (Å²) in [7, 11) is -1.37. The minimum absolute atomic E-state index is 0.0296. The second kappa shape index (κ2) is 5.99. The van der Waals surface area contributed by atoms with Crippen LogP contribution in [-0.4, -0.2) is 27.6 Å². The van der Waals surface area contributed by atoms with Crippen molar-refractivity contribution < 1.29 is 17.5 Å². The Bertz CT molecular complexity index is 1020. The highest BCUT2D eigenvalue weighted by Crippen LogP contribution is 2.35. The van der Waals surface area contributed by atoms with Crippen LogP contribution in [0.15, 0.2) is 47.5 Å². The van der Waals surface area contributed by atoms with Gasteiger partial charge >= 0.3 is 0 Å². The summed E-state index contributed by atoms with van der Waals surface area (Å²) in [5, 5.41) is 0.957. The maximum Gasteiger partial charge on any atom is 0.266 e. The van der Waals surface area contributed by atoms with E-state index in [2.05, 4.69) is 4.98 Å². The third-order valence-corrected chi connectivity index (χ3v) is 5.76. The summed E-state index contributed by atoms with van der Waals surface area (Å²) in [5.74, 6) is -0.563. The molecule has 0 aliphatic rings. The van der Waals surface area contributed by atoms with Crippen molar-refractivity contribution in [3.8, 4) is 5.75 Å². The van der Waals surface area contributed by atoms with Crippen LogP contribution in [0.5, 0.6) is 5.75 Å². The predicted molar refractivity (Wildman–Crippen MR) is 91.8 cm³/mol. The van der Waals surface area contributed by atoms with E-state index in [1.165, 1.54) is 38.6 Å². The Hall–Kier alpha value is -2.25. The van der Waals surface area contributed by atoms with Gasteiger partial charge in [0.25, 0.3) is 10.0 Å². The van der Waals surface area contributed by atoms with Crippen LogP contribution in [0.3, 0.4) is 0 Å². The number of fused-ring (bicyclic) bond motifs is 1. The minimum atomic E-state index is -4.00. The van der Waals surface area contributed by atoms with E-state index >= 15 is 0 Å². The van der Waals surface area contributed by atoms with Gasteiger partial charge in [0.05, 0.1) is 7.11 Å². The lowest BCUT2D eigenvalue weighted by Crippen LogP contribution is -2.27. The normalized spacial score (nSPS) is 11.7. The lowest BCUT2D eigenvalue weighted by atomic mass is 10.2. The molecular formula is C16H14ClFN2O3S. The van der Waals surface area contributed by atoms with Crippen molar-refractivity contribution >= 4 is 38.2 Å². The van der Waals surface area contributed by atoms with Gasteiger partial charge in [-0.25, -0.2) is 12.8 Å². The third-order valence-electron chi connectivity index (χ3n) is 3.73. The van der Waals surface area contributed by atoms with Crippen LogP contribution < -0.4 is 9.04 Å². The highest BCUT2D eigenvalue weighted by molar-refractivity contribution is 7.93. The van der Waals surface area contributed by atoms with E-state index in [9.17, 15) is 12.8 Å². The van der Waals surface area contributed by atoms with Gasteiger partial charge in [0.1, 0.15) is 16.3 Å². The van der Waals surface area contributed by atoms with Gasteiger partial charge in [-0.15, -0.1) is 0 Å². The van der Waals surface area contributed by atoms with Crippen molar-refractivity contribution in [1.82, 2.24) is 4.98 Å². The van der Waals surface area contributed by atoms with E-state index in [1.54, 1.807) is 18.2 Å². The van der Waals surface area contributed by atoms with Crippen LogP contribution in [0.4, 0.5) is 10.1 Å². The van der Waals surface area contributed by atoms with Gasteiger partial charge in [-0.2, -0.15) is 0 Å². The van der Waals surface area contributed by atoms with Crippen LogP contribution in [0.1, 0.15) is 0 Å². The highest BCUT2D eigenvalue weighted by atomic mass is 35.5. The summed E-state index contributed by atoms with van der Waals surface area (Å²) in [5.41, 5.74) is 0.429. The predicted octanol–water partition coefficient (Wildman–Crippen LogP) is 3.79. The summed E-state index contributed by atoms with van der Waals surface area (Å²) in [6.45, 7) is 0. The fourth-order valence-corrected chi connectivity index (χ4v) is 4.07. The van der Waals surface area contributed by atoms with Crippen molar-refractivity contribution in [2.45, 2.75) is 4.90 Å². The zero-order valence-corrected chi connectivity index (χ0v) is 14.5. The Morgan fingerprint density at radius 2 is 2.00 bits per heavy atom. The Labute approximate surface area is 143 Å². The second-order valence-electron chi connectivity index (χ2n) is 5.11. The molecule has 0 fully saturated rings. The molecule has 0 radical (unpaired) electrons. The average Bonchev–Trinajstić information content (AvgIpc) is 2.97. The summed E-state index contributed by atoms with van der Waals surface area (Å²) < 4.78 is 46.1. The lowest BCUT2D eigenvalue weighted by Gasteiger charge is -2.21. The maximum absolute atomic E-state index is 14.2. The molecule has 1 heterocycles. The molecule has 0 bridgehead atoms. The molecule has 0 atom stereocenters. The van der Waals surface area contributed by atoms with E-state index in [0.29, 0.717) is 15.9 Å². The first-order valence-corrected chi connectivity index (χ1v) is 8.76. The number of aromatic amines is 1. The van der Waals surface area contributed by atoms with Crippen LogP contribution in [0.25, 0.3) is 10.9 Å². The molecule has 3 rings (SSSR count). The minimum Gasteiger partial charge on any atom is -0.494 e. The Morgan fingerprint density at radius 1 is 1.25 bits per heavy atom. The molecule has 3 aromatic rings. The Balaban J connectivity index is 2.17. The van der Waals surface area contributed by atoms with Gasteiger partial charge in [0.2, 0.25) is 0 Å². The van der Waals surface area contributed by atoms with E-state index in [1.807, 2.05) is 0 Å². The number of sulfonamides is 1. The van der Waals surface area contributed by atoms with E-state index in [-0.39, 0.29) is 16.3 Å². The quantitative estimate of drug-likeness (QED) is 0.762. The molecule has 5 nitrogen and oxygen atoms in total. The van der Waals surface area contributed by atoms with Gasteiger partial charge in [-0.05, 0) is 30.3 Å². The number of para-hydroxylation sites is 1. The number of methoxy groups -OCH3 is 1. The molecule has 0 aliphatic heterocycles. The van der Waals surface area contributed by atoms with Crippen LogP contribution in [0, 0.1) is 5.82 Å². The molecule has 0 amide bonds. The number of nitrogens with zero attached hydrogens (tertiary/aromatic N) is 1. The van der Waals surface area contributed by atoms with Crippen molar-refractivity contribution in [3.05, 3.63) is 53.4 Å². The first-order valence-electron chi connectivity index (χ1n) is 6.94. The van der Waals surface area contributed by atoms with E-state index < -0.39 is 15.8 Å². The molecule has 1 N–H and O–H groups in total. The molecule has 0 spiro atoms. The van der Waals surface area contributed by atoms with Crippen LogP contribution >= 0.6 is 11.6 Å². The number of nitrogens with one attached hydrogen (secondary N) is 1. The molecule has 8 heteroatoms. The fourth-order valence-electron chi connectivity index (χ4n) is 2.52. The fraction of sp³-hybridized carbons (Fsp3) is 0.125. The zero-order valence-electron chi connectivity index (χ0n) is 12.9. The Morgan fingerprint density at radius 3 is 2.71 bits per heavy atom. The smallest absolute Gasteiger partial charge is 0.266 e. The highest BCUT2D eigenvalue weighted by Gasteiger charge is 2.28. The largest absolute Gasteiger partial charge is 0.494 e. The zero-order chi connectivity index (χ0) is 17.5. The topological polar surface area (TPSA) is 62.4 Å². The third kappa shape index (κ3) is 2.59. The number of halogens is 2. The average molecular weight is 369 g/mol. The van der Waals surface area contributed by atoms with Crippen molar-refractivity contribution in [3.63, 3.8) is 0 Å². The lowest BCUT2D eigenvalue weighted by molar-refractivity contribution is 0.412. The number of benzene rings is 2. The first-order chi connectivity index (χ1) is 11.4. The molecule has 0 saturated heterocycles. The Kier molecular flexibility index (Phi) is 4.15. The molecule has 0 aliphatic carbocycles. The second-order valence-corrected chi connectivity index (χ2v) is 7.48. The van der Waals surface area contributed by atoms with E-state index in [0.717, 1.165) is 4.31 Å². The molecule has 1 aromatic heterocycles. The van der Waals surface area contributed by atoms with Gasteiger partial charge in [-0.3, -0.25) is 4.31 Å². The summed E-state index contributed by atoms with van der Waals surface area (Å²) >= 11 is 5.92. The number of hydrogen-bond donors (Lipinski definition) is 1. The van der Waals surface area contributed by atoms with E-state index in [4.69, 9.17) is 16.3 Å². The maximum atomic E-state index is 14.2. The first kappa shape index (κ1) is 16.6. The monoisotopic (exact) mass is 368 g/mol. The van der Waals surface area contributed by atoms with Gasteiger partial charge in [-0.1, -0.05) is 17.7 Å². The van der Waals surface area contributed by atoms with Gasteiger partial charge in [0.15, 0.2) is 5.82 Å². The SMILES string of the molecule is COc1cccc(F)c1N(C)S(=O)(=O)c1c[nH]c2cc(Cl)ccc12. The summed E-state index contributed by atoms with van der Waals surface area (Å²) in [4.78, 5) is 2.90. The molecule has 0 unspecified atom stereocenters. The van der Waals surface area contributed by atoms with Crippen molar-refractivity contribution in [2.75, 3.05) is 18.5 Å². The van der Waals surface area contributed by atoms with Crippen LogP contribution in [-0.2, 0) is 10.0 Å². The molecule has 24 heavy (non-hydrogen) atoms. The van der Waals surface area contributed by atoms with Crippen LogP contribution in [0.2, 0.25) is 5.02 Å². The van der Waals surface area contributed by atoms with Gasteiger partial charge in [0, 0.05) is 29.2 Å².